The summed E-state index contributed by atoms with van der Waals surface area (Å²) >= 11 is 9.81. The third-order valence-corrected chi connectivity index (χ3v) is 7.72. The van der Waals surface area contributed by atoms with Crippen molar-refractivity contribution in [2.75, 3.05) is 0 Å². The highest BCUT2D eigenvalue weighted by molar-refractivity contribution is 14.1. The van der Waals surface area contributed by atoms with Crippen molar-refractivity contribution in [2.24, 2.45) is 0 Å². The van der Waals surface area contributed by atoms with Gasteiger partial charge in [-0.1, -0.05) is 29.8 Å². The standard InChI is InChI=1S/C17H11ClIN3O2S2/c18-15-14(25-17(19)21-15)9-11-10-22(16-13(11)7-4-8-20-16)26(23,24)12-5-2-1-3-6-12/h1-8,10H,9H2. The van der Waals surface area contributed by atoms with Gasteiger partial charge in [-0.3, -0.25) is 0 Å². The Bertz CT molecular complexity index is 1200. The highest BCUT2D eigenvalue weighted by Gasteiger charge is 2.22. The predicted molar refractivity (Wildman–Crippen MR) is 111 cm³/mol. The van der Waals surface area contributed by atoms with Gasteiger partial charge in [0.15, 0.2) is 8.66 Å². The molecule has 0 radical (unpaired) electrons. The molecule has 0 atom stereocenters. The van der Waals surface area contributed by atoms with E-state index >= 15 is 0 Å². The lowest BCUT2D eigenvalue weighted by atomic mass is 10.1. The average molecular weight is 516 g/mol. The van der Waals surface area contributed by atoms with E-state index in [2.05, 4.69) is 32.6 Å². The van der Waals surface area contributed by atoms with Crippen LogP contribution < -0.4 is 0 Å². The van der Waals surface area contributed by atoms with Crippen molar-refractivity contribution < 1.29 is 8.42 Å². The Kier molecular flexibility index (Phi) is 4.76. The molecule has 0 saturated heterocycles. The van der Waals surface area contributed by atoms with Crippen molar-refractivity contribution in [3.05, 3.63) is 73.5 Å². The van der Waals surface area contributed by atoms with Crippen LogP contribution in [-0.4, -0.2) is 22.4 Å². The molecule has 26 heavy (non-hydrogen) atoms. The summed E-state index contributed by atoms with van der Waals surface area (Å²) in [5.41, 5.74) is 1.25. The van der Waals surface area contributed by atoms with Crippen LogP contribution in [0.3, 0.4) is 0 Å². The van der Waals surface area contributed by atoms with Crippen molar-refractivity contribution in [2.45, 2.75) is 11.3 Å². The van der Waals surface area contributed by atoms with Crippen LogP contribution in [-0.2, 0) is 16.4 Å². The molecule has 0 bridgehead atoms. The highest BCUT2D eigenvalue weighted by atomic mass is 127. The number of fused-ring (bicyclic) bond motifs is 1. The van der Waals surface area contributed by atoms with E-state index in [9.17, 15) is 8.42 Å². The first-order valence-corrected chi connectivity index (χ1v) is 11.2. The number of benzene rings is 1. The molecule has 0 amide bonds. The number of rotatable bonds is 4. The summed E-state index contributed by atoms with van der Waals surface area (Å²) in [6, 6.07) is 12.0. The van der Waals surface area contributed by atoms with Crippen molar-refractivity contribution in [1.82, 2.24) is 13.9 Å². The zero-order valence-corrected chi connectivity index (χ0v) is 17.7. The van der Waals surface area contributed by atoms with Crippen molar-refractivity contribution in [1.29, 1.82) is 0 Å². The molecule has 132 valence electrons. The van der Waals surface area contributed by atoms with E-state index in [1.807, 2.05) is 6.07 Å². The molecule has 0 spiro atoms. The largest absolute Gasteiger partial charge is 0.269 e. The van der Waals surface area contributed by atoms with Gasteiger partial charge < -0.3 is 0 Å². The van der Waals surface area contributed by atoms with Gasteiger partial charge in [-0.15, -0.1) is 11.3 Å². The Labute approximate surface area is 172 Å². The van der Waals surface area contributed by atoms with Crippen molar-refractivity contribution >= 4 is 66.6 Å². The second kappa shape index (κ2) is 6.91. The zero-order valence-electron chi connectivity index (χ0n) is 13.1. The van der Waals surface area contributed by atoms with Gasteiger partial charge in [0, 0.05) is 29.1 Å². The maximum Gasteiger partial charge on any atom is 0.269 e. The maximum absolute atomic E-state index is 13.1. The number of hydrogen-bond acceptors (Lipinski definition) is 5. The highest BCUT2D eigenvalue weighted by Crippen LogP contribution is 2.31. The Hall–Kier alpha value is -1.49. The lowest BCUT2D eigenvalue weighted by Gasteiger charge is -2.06. The van der Waals surface area contributed by atoms with E-state index in [0.717, 1.165) is 18.8 Å². The molecule has 3 aromatic heterocycles. The summed E-state index contributed by atoms with van der Waals surface area (Å²) < 4.78 is 28.2. The minimum atomic E-state index is -3.73. The van der Waals surface area contributed by atoms with Gasteiger partial charge in [0.1, 0.15) is 5.15 Å². The van der Waals surface area contributed by atoms with Gasteiger partial charge in [-0.25, -0.2) is 22.4 Å². The first-order valence-electron chi connectivity index (χ1n) is 7.53. The van der Waals surface area contributed by atoms with Crippen LogP contribution in [0.2, 0.25) is 5.15 Å². The number of halogens is 2. The fourth-order valence-electron chi connectivity index (χ4n) is 2.71. The topological polar surface area (TPSA) is 64.8 Å². The van der Waals surface area contributed by atoms with Crippen LogP contribution in [0.15, 0.2) is 59.8 Å². The summed E-state index contributed by atoms with van der Waals surface area (Å²) in [5.74, 6) is 0. The van der Waals surface area contributed by atoms with E-state index in [1.54, 1.807) is 48.8 Å². The number of hydrogen-bond donors (Lipinski definition) is 0. The molecule has 0 aliphatic heterocycles. The molecule has 4 rings (SSSR count). The second-order valence-corrected chi connectivity index (χ2v) is 10.5. The van der Waals surface area contributed by atoms with E-state index in [1.165, 1.54) is 15.3 Å². The zero-order chi connectivity index (χ0) is 18.3. The van der Waals surface area contributed by atoms with E-state index in [4.69, 9.17) is 11.6 Å². The van der Waals surface area contributed by atoms with Gasteiger partial charge >= 0.3 is 0 Å². The number of nitrogens with zero attached hydrogens (tertiary/aromatic N) is 3. The van der Waals surface area contributed by atoms with E-state index in [0.29, 0.717) is 17.2 Å². The minimum absolute atomic E-state index is 0.222. The monoisotopic (exact) mass is 515 g/mol. The lowest BCUT2D eigenvalue weighted by Crippen LogP contribution is -2.12. The molecule has 5 nitrogen and oxygen atoms in total. The number of thiazole rings is 1. The quantitative estimate of drug-likeness (QED) is 0.373. The molecule has 0 aliphatic rings. The Balaban J connectivity index is 1.89. The van der Waals surface area contributed by atoms with Crippen LogP contribution in [0.25, 0.3) is 11.0 Å². The first kappa shape index (κ1) is 17.9. The molecule has 4 aromatic rings. The molecule has 0 aliphatic carbocycles. The lowest BCUT2D eigenvalue weighted by molar-refractivity contribution is 0.588. The van der Waals surface area contributed by atoms with Gasteiger partial charge in [0.25, 0.3) is 10.0 Å². The molecule has 3 heterocycles. The fourth-order valence-corrected chi connectivity index (χ4v) is 6.28. The molecule has 0 saturated carbocycles. The van der Waals surface area contributed by atoms with Crippen LogP contribution in [0.4, 0.5) is 0 Å². The second-order valence-electron chi connectivity index (χ2n) is 5.50. The number of aromatic nitrogens is 3. The molecular weight excluding hydrogens is 505 g/mol. The van der Waals surface area contributed by atoms with Gasteiger partial charge in [0.05, 0.1) is 4.90 Å². The molecule has 0 fully saturated rings. The molecule has 0 unspecified atom stereocenters. The summed E-state index contributed by atoms with van der Waals surface area (Å²) in [5, 5.41) is 1.24. The Morgan fingerprint density at radius 2 is 1.92 bits per heavy atom. The van der Waals surface area contributed by atoms with E-state index < -0.39 is 10.0 Å². The van der Waals surface area contributed by atoms with Crippen LogP contribution in [0.5, 0.6) is 0 Å². The molecule has 9 heteroatoms. The van der Waals surface area contributed by atoms with Gasteiger partial charge in [-0.05, 0) is 52.4 Å². The average Bonchev–Trinajstić information content (AvgIpc) is 3.16. The fraction of sp³-hybridized carbons (Fsp3) is 0.0588. The summed E-state index contributed by atoms with van der Waals surface area (Å²) in [7, 11) is -3.73. The smallest absolute Gasteiger partial charge is 0.237 e. The molecular formula is C17H11ClIN3O2S2. The third-order valence-electron chi connectivity index (χ3n) is 3.89. The van der Waals surface area contributed by atoms with Crippen LogP contribution in [0.1, 0.15) is 10.4 Å². The summed E-state index contributed by atoms with van der Waals surface area (Å²) in [6.45, 7) is 0. The van der Waals surface area contributed by atoms with Crippen LogP contribution >= 0.6 is 45.5 Å². The SMILES string of the molecule is O=S(=O)(c1ccccc1)n1cc(Cc2sc(I)nc2Cl)c2cccnc21. The van der Waals surface area contributed by atoms with E-state index in [-0.39, 0.29) is 4.90 Å². The third kappa shape index (κ3) is 3.15. The molecule has 0 N–H and O–H groups in total. The Morgan fingerprint density at radius 3 is 2.62 bits per heavy atom. The predicted octanol–water partition coefficient (Wildman–Crippen LogP) is 4.58. The number of pyridine rings is 1. The summed E-state index contributed by atoms with van der Waals surface area (Å²) in [4.78, 5) is 9.64. The normalized spacial score (nSPS) is 11.9. The first-order chi connectivity index (χ1) is 12.5. The van der Waals surface area contributed by atoms with Crippen molar-refractivity contribution in [3.63, 3.8) is 0 Å². The van der Waals surface area contributed by atoms with Gasteiger partial charge in [-0.2, -0.15) is 0 Å². The van der Waals surface area contributed by atoms with Crippen LogP contribution in [0, 0.1) is 3.01 Å². The van der Waals surface area contributed by atoms with Gasteiger partial charge in [0.2, 0.25) is 0 Å². The maximum atomic E-state index is 13.1. The summed E-state index contributed by atoms with van der Waals surface area (Å²) in [6.07, 6.45) is 3.72. The minimum Gasteiger partial charge on any atom is -0.237 e. The van der Waals surface area contributed by atoms with Crippen molar-refractivity contribution in [3.8, 4) is 0 Å². The Morgan fingerprint density at radius 1 is 1.15 bits per heavy atom. The molecule has 1 aromatic carbocycles.